The van der Waals surface area contributed by atoms with Crippen molar-refractivity contribution >= 4 is 33.8 Å². The first-order valence-electron chi connectivity index (χ1n) is 11.8. The van der Waals surface area contributed by atoms with Gasteiger partial charge in [-0.3, -0.25) is 9.52 Å². The third kappa shape index (κ3) is 7.03. The van der Waals surface area contributed by atoms with Gasteiger partial charge in [0.25, 0.3) is 15.9 Å². The van der Waals surface area contributed by atoms with Crippen molar-refractivity contribution in [2.45, 2.75) is 4.90 Å². The number of carbonyl (C=O) groups excluding carboxylic acids is 2. The van der Waals surface area contributed by atoms with Crippen molar-refractivity contribution in [2.75, 3.05) is 18.9 Å². The fourth-order valence-electron chi connectivity index (χ4n) is 3.47. The van der Waals surface area contributed by atoms with Gasteiger partial charge in [-0.05, 0) is 84.4 Å². The second-order valence-electron chi connectivity index (χ2n) is 8.22. The second kappa shape index (κ2) is 12.6. The molecule has 204 valence electrons. The van der Waals surface area contributed by atoms with E-state index in [9.17, 15) is 18.0 Å². The summed E-state index contributed by atoms with van der Waals surface area (Å²) in [7, 11) is -0.768. The summed E-state index contributed by atoms with van der Waals surface area (Å²) >= 11 is 0. The number of nitrogens with one attached hydrogen (secondary N) is 2. The van der Waals surface area contributed by atoms with Crippen molar-refractivity contribution < 1.29 is 32.2 Å². The Kier molecular flexibility index (Phi) is 8.77. The summed E-state index contributed by atoms with van der Waals surface area (Å²) in [5.74, 6) is 0.0746. The molecule has 4 rings (SSSR count). The molecule has 11 heteroatoms. The van der Waals surface area contributed by atoms with Crippen molar-refractivity contribution in [2.24, 2.45) is 5.10 Å². The molecule has 40 heavy (non-hydrogen) atoms. The largest absolute Gasteiger partial charge is 0.497 e. The van der Waals surface area contributed by atoms with Crippen LogP contribution in [0.3, 0.4) is 0 Å². The van der Waals surface area contributed by atoms with Crippen LogP contribution in [0.15, 0.2) is 107 Å². The van der Waals surface area contributed by atoms with Crippen LogP contribution in [0.4, 0.5) is 5.69 Å². The maximum atomic E-state index is 12.5. The lowest BCUT2D eigenvalue weighted by Gasteiger charge is -2.10. The molecule has 0 unspecified atom stereocenters. The Morgan fingerprint density at radius 1 is 0.775 bits per heavy atom. The topological polar surface area (TPSA) is 132 Å². The van der Waals surface area contributed by atoms with E-state index in [2.05, 4.69) is 15.2 Å². The monoisotopic (exact) mass is 559 g/mol. The van der Waals surface area contributed by atoms with E-state index in [1.54, 1.807) is 60.7 Å². The minimum Gasteiger partial charge on any atom is -0.497 e. The van der Waals surface area contributed by atoms with Gasteiger partial charge in [0, 0.05) is 11.3 Å². The molecule has 0 radical (unpaired) electrons. The molecule has 0 atom stereocenters. The summed E-state index contributed by atoms with van der Waals surface area (Å²) in [5, 5.41) is 3.96. The molecule has 0 aliphatic heterocycles. The van der Waals surface area contributed by atoms with Crippen molar-refractivity contribution in [1.82, 2.24) is 5.43 Å². The third-order valence-electron chi connectivity index (χ3n) is 5.55. The van der Waals surface area contributed by atoms with E-state index in [4.69, 9.17) is 14.2 Å². The zero-order chi connectivity index (χ0) is 28.5. The minimum absolute atomic E-state index is 0.131. The highest BCUT2D eigenvalue weighted by Crippen LogP contribution is 2.28. The van der Waals surface area contributed by atoms with Gasteiger partial charge in [-0.15, -0.1) is 0 Å². The number of anilines is 1. The number of amides is 1. The molecule has 0 aliphatic rings. The van der Waals surface area contributed by atoms with Gasteiger partial charge in [0.1, 0.15) is 5.75 Å². The summed E-state index contributed by atoms with van der Waals surface area (Å²) in [5.41, 5.74) is 3.92. The Bertz CT molecular complexity index is 1620. The second-order valence-corrected chi connectivity index (χ2v) is 9.91. The van der Waals surface area contributed by atoms with E-state index >= 15 is 0 Å². The minimum atomic E-state index is -3.74. The first-order valence-corrected chi connectivity index (χ1v) is 13.3. The van der Waals surface area contributed by atoms with Gasteiger partial charge in [0.15, 0.2) is 11.5 Å². The van der Waals surface area contributed by atoms with E-state index in [1.165, 1.54) is 56.8 Å². The maximum absolute atomic E-state index is 12.5. The number of esters is 1. The van der Waals surface area contributed by atoms with Gasteiger partial charge < -0.3 is 14.2 Å². The Balaban J connectivity index is 1.35. The average Bonchev–Trinajstić information content (AvgIpc) is 2.98. The van der Waals surface area contributed by atoms with Crippen LogP contribution >= 0.6 is 0 Å². The Morgan fingerprint density at radius 2 is 1.45 bits per heavy atom. The molecule has 0 bridgehead atoms. The lowest BCUT2D eigenvalue weighted by Crippen LogP contribution is -2.18. The highest BCUT2D eigenvalue weighted by Gasteiger charge is 2.15. The number of hydrogen-bond acceptors (Lipinski definition) is 8. The summed E-state index contributed by atoms with van der Waals surface area (Å²) in [6.07, 6.45) is 1.40. The van der Waals surface area contributed by atoms with Gasteiger partial charge in [0.05, 0.1) is 30.9 Å². The lowest BCUT2D eigenvalue weighted by atomic mass is 10.2. The first-order chi connectivity index (χ1) is 19.3. The van der Waals surface area contributed by atoms with Crippen LogP contribution in [0.25, 0.3) is 0 Å². The number of hydrazone groups is 1. The van der Waals surface area contributed by atoms with Gasteiger partial charge in [-0.25, -0.2) is 18.6 Å². The van der Waals surface area contributed by atoms with E-state index in [0.29, 0.717) is 28.3 Å². The van der Waals surface area contributed by atoms with E-state index in [0.717, 1.165) is 0 Å². The van der Waals surface area contributed by atoms with E-state index < -0.39 is 21.9 Å². The highest BCUT2D eigenvalue weighted by molar-refractivity contribution is 7.92. The molecular formula is C29H25N3O7S. The molecule has 0 fully saturated rings. The van der Waals surface area contributed by atoms with Crippen molar-refractivity contribution in [1.29, 1.82) is 0 Å². The smallest absolute Gasteiger partial charge is 0.343 e. The average molecular weight is 560 g/mol. The van der Waals surface area contributed by atoms with E-state index in [1.807, 2.05) is 0 Å². The predicted molar refractivity (Wildman–Crippen MR) is 150 cm³/mol. The van der Waals surface area contributed by atoms with Crippen LogP contribution < -0.4 is 24.4 Å². The summed E-state index contributed by atoms with van der Waals surface area (Å²) in [6, 6.07) is 25.2. The fraction of sp³-hybridized carbons (Fsp3) is 0.0690. The molecule has 1 amide bonds. The zero-order valence-corrected chi connectivity index (χ0v) is 22.3. The Labute approximate surface area is 231 Å². The molecule has 10 nitrogen and oxygen atoms in total. The van der Waals surface area contributed by atoms with Crippen molar-refractivity contribution in [3.63, 3.8) is 0 Å². The van der Waals surface area contributed by atoms with Crippen LogP contribution in [0, 0.1) is 0 Å². The molecular weight excluding hydrogens is 534 g/mol. The molecule has 0 heterocycles. The van der Waals surface area contributed by atoms with Crippen LogP contribution in [0.2, 0.25) is 0 Å². The number of sulfonamides is 1. The quantitative estimate of drug-likeness (QED) is 0.127. The first kappa shape index (κ1) is 27.9. The highest BCUT2D eigenvalue weighted by atomic mass is 32.2. The standard InChI is InChI=1S/C29H25N3O7S/c1-37-24-15-11-22(12-16-24)29(34)39-26-17-8-20(18-27(26)38-2)19-30-31-28(33)21-9-13-23(14-10-21)32-40(35,36)25-6-4-3-5-7-25/h3-19,32H,1-2H3,(H,31,33)/b30-19+. The molecule has 0 spiro atoms. The van der Waals surface area contributed by atoms with Crippen LogP contribution in [-0.4, -0.2) is 40.7 Å². The molecule has 4 aromatic carbocycles. The molecule has 2 N–H and O–H groups in total. The number of hydrogen-bond donors (Lipinski definition) is 2. The molecule has 0 aromatic heterocycles. The number of rotatable bonds is 10. The van der Waals surface area contributed by atoms with Gasteiger partial charge >= 0.3 is 5.97 Å². The summed E-state index contributed by atoms with van der Waals surface area (Å²) in [6.45, 7) is 0. The van der Waals surface area contributed by atoms with Gasteiger partial charge in [-0.2, -0.15) is 5.10 Å². The van der Waals surface area contributed by atoms with Crippen LogP contribution in [0.1, 0.15) is 26.3 Å². The number of carbonyl (C=O) groups is 2. The SMILES string of the molecule is COc1ccc(C(=O)Oc2ccc(/C=N/NC(=O)c3ccc(NS(=O)(=O)c4ccccc4)cc3)cc2OC)cc1. The van der Waals surface area contributed by atoms with Gasteiger partial charge in [-0.1, -0.05) is 18.2 Å². The summed E-state index contributed by atoms with van der Waals surface area (Å²) < 4.78 is 43.3. The molecule has 0 saturated carbocycles. The Hall–Kier alpha value is -5.16. The van der Waals surface area contributed by atoms with Crippen molar-refractivity contribution in [3.05, 3.63) is 114 Å². The zero-order valence-electron chi connectivity index (χ0n) is 21.5. The number of nitrogens with zero attached hydrogens (tertiary/aromatic N) is 1. The normalized spacial score (nSPS) is 11.1. The number of methoxy groups -OCH3 is 2. The number of benzene rings is 4. The molecule has 0 aliphatic carbocycles. The lowest BCUT2D eigenvalue weighted by molar-refractivity contribution is 0.0729. The molecule has 0 saturated heterocycles. The third-order valence-corrected chi connectivity index (χ3v) is 6.95. The van der Waals surface area contributed by atoms with E-state index in [-0.39, 0.29) is 16.2 Å². The maximum Gasteiger partial charge on any atom is 0.343 e. The Morgan fingerprint density at radius 3 is 2.10 bits per heavy atom. The summed E-state index contributed by atoms with van der Waals surface area (Å²) in [4.78, 5) is 25.1. The predicted octanol–water partition coefficient (Wildman–Crippen LogP) is 4.49. The van der Waals surface area contributed by atoms with Gasteiger partial charge in [0.2, 0.25) is 0 Å². The van der Waals surface area contributed by atoms with Crippen molar-refractivity contribution in [3.8, 4) is 17.2 Å². The molecule has 4 aromatic rings. The van der Waals surface area contributed by atoms with Crippen LogP contribution in [-0.2, 0) is 10.0 Å². The fourth-order valence-corrected chi connectivity index (χ4v) is 4.55. The van der Waals surface area contributed by atoms with Crippen LogP contribution in [0.5, 0.6) is 17.2 Å². The number of ether oxygens (including phenoxy) is 3.